The molecule has 126 valence electrons. The fourth-order valence-electron chi connectivity index (χ4n) is 3.42. The molecule has 2 aliphatic heterocycles. The Balaban J connectivity index is 1.56. The zero-order valence-corrected chi connectivity index (χ0v) is 13.2. The number of likely N-dealkylation sites (tertiary alicyclic amines) is 1. The van der Waals surface area contributed by atoms with E-state index < -0.39 is 11.6 Å². The van der Waals surface area contributed by atoms with Crippen LogP contribution in [0.1, 0.15) is 24.8 Å². The first-order valence-corrected chi connectivity index (χ1v) is 8.30. The van der Waals surface area contributed by atoms with Crippen molar-refractivity contribution in [2.45, 2.75) is 31.8 Å². The van der Waals surface area contributed by atoms with Gasteiger partial charge in [-0.3, -0.25) is 9.69 Å². The molecule has 1 aromatic carbocycles. The summed E-state index contributed by atoms with van der Waals surface area (Å²) in [6, 6.07) is 4.01. The molecule has 0 spiro atoms. The molecule has 2 heterocycles. The summed E-state index contributed by atoms with van der Waals surface area (Å²) in [6.45, 7) is 3.31. The predicted molar refractivity (Wildman–Crippen MR) is 83.8 cm³/mol. The molecular formula is C17H23F2N3O. The largest absolute Gasteiger partial charge is 0.352 e. The molecule has 2 aliphatic rings. The highest BCUT2D eigenvalue weighted by Crippen LogP contribution is 2.19. The number of nitrogens with zero attached hydrogens (tertiary/aromatic N) is 1. The van der Waals surface area contributed by atoms with Crippen molar-refractivity contribution < 1.29 is 13.6 Å². The zero-order chi connectivity index (χ0) is 16.2. The smallest absolute Gasteiger partial charge is 0.224 e. The molecule has 4 nitrogen and oxygen atoms in total. The average molecular weight is 323 g/mol. The molecular weight excluding hydrogens is 300 g/mol. The summed E-state index contributed by atoms with van der Waals surface area (Å²) in [5, 5.41) is 6.29. The van der Waals surface area contributed by atoms with E-state index >= 15 is 0 Å². The standard InChI is InChI=1S/C17H23F2N3O/c18-15-4-1-5-16(19)14(15)11-22-8-2-3-13(10-22)21-17(23)12-6-7-20-9-12/h1,4-5,12-13,20H,2-3,6-11H2,(H,21,23)/t12-,13+/m0/s1. The van der Waals surface area contributed by atoms with Gasteiger partial charge in [0.15, 0.2) is 0 Å². The van der Waals surface area contributed by atoms with Crippen LogP contribution in [0.2, 0.25) is 0 Å². The lowest BCUT2D eigenvalue weighted by atomic mass is 10.0. The fourth-order valence-corrected chi connectivity index (χ4v) is 3.42. The van der Waals surface area contributed by atoms with Crippen molar-refractivity contribution in [1.29, 1.82) is 0 Å². The van der Waals surface area contributed by atoms with E-state index in [9.17, 15) is 13.6 Å². The highest BCUT2D eigenvalue weighted by atomic mass is 19.1. The van der Waals surface area contributed by atoms with E-state index in [1.165, 1.54) is 18.2 Å². The first-order valence-electron chi connectivity index (χ1n) is 8.30. The summed E-state index contributed by atoms with van der Waals surface area (Å²) in [5.41, 5.74) is 0.111. The quantitative estimate of drug-likeness (QED) is 0.886. The Hall–Kier alpha value is -1.53. The van der Waals surface area contributed by atoms with Gasteiger partial charge in [0.25, 0.3) is 0 Å². The second kappa shape index (κ2) is 7.36. The van der Waals surface area contributed by atoms with Crippen LogP contribution >= 0.6 is 0 Å². The Labute approximate surface area is 135 Å². The van der Waals surface area contributed by atoms with E-state index in [1.807, 2.05) is 4.90 Å². The van der Waals surface area contributed by atoms with Crippen molar-refractivity contribution in [3.63, 3.8) is 0 Å². The summed E-state index contributed by atoms with van der Waals surface area (Å²) >= 11 is 0. The summed E-state index contributed by atoms with van der Waals surface area (Å²) in [4.78, 5) is 14.2. The summed E-state index contributed by atoms with van der Waals surface area (Å²) in [6.07, 6.45) is 2.72. The van der Waals surface area contributed by atoms with Crippen molar-refractivity contribution in [1.82, 2.24) is 15.5 Å². The number of amides is 1. The fraction of sp³-hybridized carbons (Fsp3) is 0.588. The minimum Gasteiger partial charge on any atom is -0.352 e. The van der Waals surface area contributed by atoms with Crippen LogP contribution in [0.3, 0.4) is 0 Å². The van der Waals surface area contributed by atoms with Crippen molar-refractivity contribution in [3.05, 3.63) is 35.4 Å². The molecule has 3 rings (SSSR count). The SMILES string of the molecule is O=C(N[C@@H]1CCCN(Cc2c(F)cccc2F)C1)[C@H]1CCNC1. The molecule has 2 N–H and O–H groups in total. The van der Waals surface area contributed by atoms with E-state index in [1.54, 1.807) is 0 Å². The number of carbonyl (C=O) groups is 1. The lowest BCUT2D eigenvalue weighted by Gasteiger charge is -2.33. The number of rotatable bonds is 4. The number of hydrogen-bond donors (Lipinski definition) is 2. The number of hydrogen-bond acceptors (Lipinski definition) is 3. The minimum absolute atomic E-state index is 0.0504. The van der Waals surface area contributed by atoms with Crippen LogP contribution in [-0.4, -0.2) is 43.0 Å². The van der Waals surface area contributed by atoms with Gasteiger partial charge in [-0.2, -0.15) is 0 Å². The molecule has 0 unspecified atom stereocenters. The molecule has 0 radical (unpaired) electrons. The lowest BCUT2D eigenvalue weighted by Crippen LogP contribution is -2.49. The predicted octanol–water partition coefficient (Wildman–Crippen LogP) is 1.65. The van der Waals surface area contributed by atoms with Gasteiger partial charge < -0.3 is 10.6 Å². The summed E-state index contributed by atoms with van der Waals surface area (Å²) < 4.78 is 27.5. The number of piperidine rings is 1. The average Bonchev–Trinajstić information content (AvgIpc) is 3.06. The van der Waals surface area contributed by atoms with Crippen LogP contribution in [-0.2, 0) is 11.3 Å². The normalized spacial score (nSPS) is 25.5. The molecule has 23 heavy (non-hydrogen) atoms. The van der Waals surface area contributed by atoms with Gasteiger partial charge in [-0.25, -0.2) is 8.78 Å². The maximum absolute atomic E-state index is 13.8. The molecule has 1 amide bonds. The van der Waals surface area contributed by atoms with Crippen LogP contribution in [0.4, 0.5) is 8.78 Å². The van der Waals surface area contributed by atoms with Gasteiger partial charge in [0.2, 0.25) is 5.91 Å². The van der Waals surface area contributed by atoms with Crippen LogP contribution in [0.5, 0.6) is 0 Å². The van der Waals surface area contributed by atoms with E-state index in [0.29, 0.717) is 6.54 Å². The van der Waals surface area contributed by atoms with E-state index in [-0.39, 0.29) is 30.0 Å². The van der Waals surface area contributed by atoms with E-state index in [0.717, 1.165) is 38.9 Å². The lowest BCUT2D eigenvalue weighted by molar-refractivity contribution is -0.125. The Morgan fingerprint density at radius 2 is 2.09 bits per heavy atom. The van der Waals surface area contributed by atoms with E-state index in [2.05, 4.69) is 10.6 Å². The second-order valence-corrected chi connectivity index (χ2v) is 6.47. The molecule has 0 aliphatic carbocycles. The highest BCUT2D eigenvalue weighted by molar-refractivity contribution is 5.79. The minimum atomic E-state index is -0.506. The number of carbonyl (C=O) groups excluding carboxylic acids is 1. The Bertz CT molecular complexity index is 541. The number of nitrogens with one attached hydrogen (secondary N) is 2. The summed E-state index contributed by atoms with van der Waals surface area (Å²) in [7, 11) is 0. The Morgan fingerprint density at radius 3 is 2.78 bits per heavy atom. The Morgan fingerprint density at radius 1 is 1.30 bits per heavy atom. The topological polar surface area (TPSA) is 44.4 Å². The van der Waals surface area contributed by atoms with Crippen LogP contribution in [0.15, 0.2) is 18.2 Å². The van der Waals surface area contributed by atoms with Gasteiger partial charge in [-0.05, 0) is 44.5 Å². The molecule has 2 atom stereocenters. The van der Waals surface area contributed by atoms with Gasteiger partial charge >= 0.3 is 0 Å². The monoisotopic (exact) mass is 323 g/mol. The zero-order valence-electron chi connectivity index (χ0n) is 13.2. The van der Waals surface area contributed by atoms with Crippen molar-refractivity contribution in [2.24, 2.45) is 5.92 Å². The van der Waals surface area contributed by atoms with Crippen molar-refractivity contribution >= 4 is 5.91 Å². The van der Waals surface area contributed by atoms with Crippen LogP contribution in [0.25, 0.3) is 0 Å². The number of halogens is 2. The molecule has 0 aromatic heterocycles. The first kappa shape index (κ1) is 16.3. The second-order valence-electron chi connectivity index (χ2n) is 6.47. The molecule has 2 fully saturated rings. The van der Waals surface area contributed by atoms with Gasteiger partial charge in [-0.1, -0.05) is 6.07 Å². The number of benzene rings is 1. The third-order valence-corrected chi connectivity index (χ3v) is 4.73. The maximum Gasteiger partial charge on any atom is 0.224 e. The molecule has 1 aromatic rings. The van der Waals surface area contributed by atoms with Gasteiger partial charge in [0.05, 0.1) is 5.92 Å². The van der Waals surface area contributed by atoms with E-state index in [4.69, 9.17) is 0 Å². The third kappa shape index (κ3) is 4.06. The molecule has 0 bridgehead atoms. The molecule has 0 saturated carbocycles. The summed E-state index contributed by atoms with van der Waals surface area (Å²) in [5.74, 6) is -0.866. The highest BCUT2D eigenvalue weighted by Gasteiger charge is 2.27. The molecule has 2 saturated heterocycles. The van der Waals surface area contributed by atoms with Crippen LogP contribution in [0, 0.1) is 17.6 Å². The third-order valence-electron chi connectivity index (χ3n) is 4.73. The van der Waals surface area contributed by atoms with Gasteiger partial charge in [-0.15, -0.1) is 0 Å². The Kier molecular flexibility index (Phi) is 5.23. The first-order chi connectivity index (χ1) is 11.1. The molecule has 6 heteroatoms. The van der Waals surface area contributed by atoms with Gasteiger partial charge in [0, 0.05) is 31.2 Å². The van der Waals surface area contributed by atoms with Crippen LogP contribution < -0.4 is 10.6 Å². The van der Waals surface area contributed by atoms with Crippen molar-refractivity contribution in [2.75, 3.05) is 26.2 Å². The van der Waals surface area contributed by atoms with Crippen molar-refractivity contribution in [3.8, 4) is 0 Å². The maximum atomic E-state index is 13.8. The van der Waals surface area contributed by atoms with Gasteiger partial charge in [0.1, 0.15) is 11.6 Å².